The third-order valence-electron chi connectivity index (χ3n) is 4.00. The highest BCUT2D eigenvalue weighted by molar-refractivity contribution is 9.09. The number of hydrogen-bond acceptors (Lipinski definition) is 4. The maximum atomic E-state index is 12.1. The molecule has 0 unspecified atom stereocenters. The predicted octanol–water partition coefficient (Wildman–Crippen LogP) is 2.42. The van der Waals surface area contributed by atoms with Gasteiger partial charge in [0.05, 0.1) is 18.0 Å². The second kappa shape index (κ2) is 8.54. The molecule has 6 heteroatoms. The van der Waals surface area contributed by atoms with Crippen LogP contribution in [-0.4, -0.2) is 41.4 Å². The Morgan fingerprint density at radius 1 is 1.33 bits per heavy atom. The number of aryl methyl sites for hydroxylation is 1. The van der Waals surface area contributed by atoms with Gasteiger partial charge in [-0.1, -0.05) is 22.4 Å². The van der Waals surface area contributed by atoms with Crippen LogP contribution in [-0.2, 0) is 11.3 Å². The van der Waals surface area contributed by atoms with Crippen LogP contribution in [0, 0.1) is 0 Å². The summed E-state index contributed by atoms with van der Waals surface area (Å²) in [6.45, 7) is 2.56. The molecule has 2 rings (SSSR count). The molecule has 1 aromatic rings. The fourth-order valence-electron chi connectivity index (χ4n) is 2.65. The first-order valence-electron chi connectivity index (χ1n) is 7.65. The minimum atomic E-state index is 0.000192. The number of rotatable bonds is 7. The summed E-state index contributed by atoms with van der Waals surface area (Å²) in [5.74, 6) is 0. The van der Waals surface area contributed by atoms with Crippen molar-refractivity contribution in [3.63, 3.8) is 0 Å². The molecule has 0 radical (unpaired) electrons. The number of piperidine rings is 1. The van der Waals surface area contributed by atoms with E-state index >= 15 is 0 Å². The van der Waals surface area contributed by atoms with E-state index in [9.17, 15) is 4.79 Å². The van der Waals surface area contributed by atoms with Gasteiger partial charge in [-0.05, 0) is 25.7 Å². The van der Waals surface area contributed by atoms with Crippen molar-refractivity contribution in [3.8, 4) is 0 Å². The van der Waals surface area contributed by atoms with Crippen LogP contribution >= 0.6 is 15.9 Å². The number of nitrogens with zero attached hydrogens (tertiary/aromatic N) is 3. The van der Waals surface area contributed by atoms with Crippen molar-refractivity contribution in [2.24, 2.45) is 0 Å². The third-order valence-corrected chi connectivity index (χ3v) is 4.56. The molecule has 0 aliphatic carbocycles. The van der Waals surface area contributed by atoms with Gasteiger partial charge in [-0.2, -0.15) is 5.10 Å². The molecule has 2 heterocycles. The van der Waals surface area contributed by atoms with E-state index in [4.69, 9.17) is 4.74 Å². The monoisotopic (exact) mass is 357 g/mol. The van der Waals surface area contributed by atoms with Crippen LogP contribution < -0.4 is 10.5 Å². The minimum Gasteiger partial charge on any atom is -0.381 e. The Balaban J connectivity index is 1.91. The van der Waals surface area contributed by atoms with Gasteiger partial charge >= 0.3 is 0 Å². The maximum Gasteiger partial charge on any atom is 0.268 e. The van der Waals surface area contributed by atoms with Gasteiger partial charge < -0.3 is 9.64 Å². The number of hydrogen-bond donors (Lipinski definition) is 0. The van der Waals surface area contributed by atoms with Gasteiger partial charge in [0.15, 0.2) is 0 Å². The predicted molar refractivity (Wildman–Crippen MR) is 88.4 cm³/mol. The van der Waals surface area contributed by atoms with Gasteiger partial charge in [-0.3, -0.25) is 4.79 Å². The SMILES string of the molecule is COC1CCN(c2cnn(CCCCCBr)c(=O)c2)CC1. The standard InChI is InChI=1S/C15H24BrN3O2/c1-21-14-5-9-18(10-6-14)13-11-15(20)19(17-12-13)8-4-2-3-7-16/h11-12,14H,2-10H2,1H3. The van der Waals surface area contributed by atoms with Crippen LogP contribution in [0.1, 0.15) is 32.1 Å². The van der Waals surface area contributed by atoms with Crippen molar-refractivity contribution < 1.29 is 4.74 Å². The first-order valence-corrected chi connectivity index (χ1v) is 8.77. The van der Waals surface area contributed by atoms with E-state index in [1.165, 1.54) is 0 Å². The van der Waals surface area contributed by atoms with E-state index in [-0.39, 0.29) is 5.56 Å². The molecule has 5 nitrogen and oxygen atoms in total. The van der Waals surface area contributed by atoms with Crippen molar-refractivity contribution in [1.82, 2.24) is 9.78 Å². The Kier molecular flexibility index (Phi) is 6.70. The number of halogens is 1. The zero-order valence-corrected chi connectivity index (χ0v) is 14.2. The van der Waals surface area contributed by atoms with Gasteiger partial charge in [0, 0.05) is 38.1 Å². The van der Waals surface area contributed by atoms with Crippen molar-refractivity contribution in [2.75, 3.05) is 30.4 Å². The summed E-state index contributed by atoms with van der Waals surface area (Å²) in [6.07, 6.45) is 7.44. The number of aromatic nitrogens is 2. The minimum absolute atomic E-state index is 0.000192. The van der Waals surface area contributed by atoms with E-state index in [0.29, 0.717) is 12.6 Å². The average molecular weight is 358 g/mol. The van der Waals surface area contributed by atoms with Crippen LogP contribution in [0.25, 0.3) is 0 Å². The number of anilines is 1. The van der Waals surface area contributed by atoms with E-state index in [2.05, 4.69) is 25.9 Å². The van der Waals surface area contributed by atoms with Crippen LogP contribution in [0.15, 0.2) is 17.1 Å². The van der Waals surface area contributed by atoms with E-state index in [1.54, 1.807) is 17.9 Å². The molecule has 1 aromatic heterocycles. The topological polar surface area (TPSA) is 47.4 Å². The van der Waals surface area contributed by atoms with Gasteiger partial charge in [0.2, 0.25) is 0 Å². The molecular formula is C15H24BrN3O2. The molecule has 1 fully saturated rings. The summed E-state index contributed by atoms with van der Waals surface area (Å²) in [5, 5.41) is 5.33. The summed E-state index contributed by atoms with van der Waals surface area (Å²) in [7, 11) is 1.76. The normalized spacial score (nSPS) is 16.4. The molecule has 118 valence electrons. The largest absolute Gasteiger partial charge is 0.381 e. The highest BCUT2D eigenvalue weighted by atomic mass is 79.9. The fraction of sp³-hybridized carbons (Fsp3) is 0.733. The average Bonchev–Trinajstić information content (AvgIpc) is 2.53. The molecule has 0 atom stereocenters. The van der Waals surface area contributed by atoms with Crippen LogP contribution in [0.3, 0.4) is 0 Å². The molecule has 21 heavy (non-hydrogen) atoms. The van der Waals surface area contributed by atoms with Gasteiger partial charge in [-0.15, -0.1) is 0 Å². The fourth-order valence-corrected chi connectivity index (χ4v) is 3.04. The van der Waals surface area contributed by atoms with Gasteiger partial charge in [0.25, 0.3) is 5.56 Å². The number of methoxy groups -OCH3 is 1. The highest BCUT2D eigenvalue weighted by Crippen LogP contribution is 2.18. The quantitative estimate of drug-likeness (QED) is 0.555. The molecule has 0 spiro atoms. The highest BCUT2D eigenvalue weighted by Gasteiger charge is 2.19. The van der Waals surface area contributed by atoms with Crippen LogP contribution in [0.4, 0.5) is 5.69 Å². The molecule has 0 bridgehead atoms. The lowest BCUT2D eigenvalue weighted by Crippen LogP contribution is -2.37. The molecule has 1 aliphatic heterocycles. The summed E-state index contributed by atoms with van der Waals surface area (Å²) in [6, 6.07) is 1.71. The summed E-state index contributed by atoms with van der Waals surface area (Å²) in [4.78, 5) is 14.3. The number of alkyl halides is 1. The Labute approximate surface area is 134 Å². The van der Waals surface area contributed by atoms with Crippen molar-refractivity contribution in [1.29, 1.82) is 0 Å². The van der Waals surface area contributed by atoms with E-state index in [1.807, 2.05) is 6.20 Å². The first-order chi connectivity index (χ1) is 10.2. The van der Waals surface area contributed by atoms with Crippen LogP contribution in [0.2, 0.25) is 0 Å². The number of ether oxygens (including phenoxy) is 1. The van der Waals surface area contributed by atoms with Gasteiger partial charge in [0.1, 0.15) is 0 Å². The summed E-state index contributed by atoms with van der Waals surface area (Å²) in [5.41, 5.74) is 0.937. The molecule has 0 saturated carbocycles. The third kappa shape index (κ3) is 4.81. The molecule has 1 saturated heterocycles. The lowest BCUT2D eigenvalue weighted by Gasteiger charge is -2.32. The van der Waals surface area contributed by atoms with Crippen molar-refractivity contribution >= 4 is 21.6 Å². The Morgan fingerprint density at radius 2 is 2.10 bits per heavy atom. The summed E-state index contributed by atoms with van der Waals surface area (Å²) < 4.78 is 6.94. The van der Waals surface area contributed by atoms with Crippen molar-refractivity contribution in [3.05, 3.63) is 22.6 Å². The van der Waals surface area contributed by atoms with E-state index < -0.39 is 0 Å². The van der Waals surface area contributed by atoms with E-state index in [0.717, 1.165) is 56.2 Å². The Hall–Kier alpha value is -0.880. The molecule has 0 aromatic carbocycles. The van der Waals surface area contributed by atoms with Crippen molar-refractivity contribution in [2.45, 2.75) is 44.8 Å². The zero-order chi connectivity index (χ0) is 15.1. The molecule has 0 amide bonds. The Bertz CT molecular complexity index is 484. The summed E-state index contributed by atoms with van der Waals surface area (Å²) >= 11 is 3.41. The Morgan fingerprint density at radius 3 is 2.71 bits per heavy atom. The smallest absolute Gasteiger partial charge is 0.268 e. The van der Waals surface area contributed by atoms with Gasteiger partial charge in [-0.25, -0.2) is 4.68 Å². The zero-order valence-electron chi connectivity index (χ0n) is 12.6. The maximum absolute atomic E-state index is 12.1. The molecule has 0 N–H and O–H groups in total. The van der Waals surface area contributed by atoms with Crippen LogP contribution in [0.5, 0.6) is 0 Å². The first kappa shape index (κ1) is 16.5. The number of unbranched alkanes of at least 4 members (excludes halogenated alkanes) is 2. The molecule has 1 aliphatic rings. The lowest BCUT2D eigenvalue weighted by molar-refractivity contribution is 0.0819. The molecular weight excluding hydrogens is 334 g/mol. The lowest BCUT2D eigenvalue weighted by atomic mass is 10.1. The second-order valence-corrected chi connectivity index (χ2v) is 6.24. The second-order valence-electron chi connectivity index (χ2n) is 5.45.